The number of phenolic OH excluding ortho intramolecular Hbond substituents is 2. The van der Waals surface area contributed by atoms with Gasteiger partial charge in [-0.1, -0.05) is 24.3 Å². The monoisotopic (exact) mass is 297 g/mol. The number of aromatic nitrogens is 1. The van der Waals surface area contributed by atoms with E-state index in [1.54, 1.807) is 35.6 Å². The van der Waals surface area contributed by atoms with Crippen LogP contribution in [0.4, 0.5) is 0 Å². The first-order valence-electron chi connectivity index (χ1n) is 6.62. The van der Waals surface area contributed by atoms with Gasteiger partial charge in [0.15, 0.2) is 0 Å². The Hall–Kier alpha value is -2.33. The fourth-order valence-electron chi connectivity index (χ4n) is 2.27. The molecule has 3 aromatic rings. The normalized spacial score (nSPS) is 10.8. The van der Waals surface area contributed by atoms with Crippen LogP contribution in [-0.4, -0.2) is 15.2 Å². The molecule has 0 unspecified atom stereocenters. The Labute approximate surface area is 127 Å². The smallest absolute Gasteiger partial charge is 0.124 e. The van der Waals surface area contributed by atoms with E-state index in [0.717, 1.165) is 26.7 Å². The van der Waals surface area contributed by atoms with Crippen molar-refractivity contribution < 1.29 is 10.2 Å². The molecule has 2 N–H and O–H groups in total. The molecule has 3 nitrogen and oxygen atoms in total. The maximum Gasteiger partial charge on any atom is 0.124 e. The summed E-state index contributed by atoms with van der Waals surface area (Å²) in [5, 5.41) is 20.8. The van der Waals surface area contributed by atoms with Crippen molar-refractivity contribution in [3.8, 4) is 33.2 Å². The van der Waals surface area contributed by atoms with Crippen LogP contribution < -0.4 is 0 Å². The summed E-state index contributed by atoms with van der Waals surface area (Å²) in [5.41, 5.74) is 3.35. The first-order valence-corrected chi connectivity index (χ1v) is 7.43. The second kappa shape index (κ2) is 5.22. The second-order valence-electron chi connectivity index (χ2n) is 4.91. The first kappa shape index (κ1) is 13.6. The summed E-state index contributed by atoms with van der Waals surface area (Å²) in [6.07, 6.45) is 0. The number of hydrogen-bond donors (Lipinski definition) is 2. The zero-order chi connectivity index (χ0) is 15.0. The topological polar surface area (TPSA) is 53.4 Å². The third-order valence-electron chi connectivity index (χ3n) is 3.44. The highest BCUT2D eigenvalue weighted by Gasteiger charge is 2.15. The van der Waals surface area contributed by atoms with E-state index < -0.39 is 0 Å². The standard InChI is InChI=1S/C17H15NO2S/c1-10-11(2)21-17(18-10)14-7-4-8-15(20)16(14)12-5-3-6-13(19)9-12/h3-9,19-20H,1-2H3. The molecule has 0 atom stereocenters. The van der Waals surface area contributed by atoms with E-state index in [2.05, 4.69) is 4.98 Å². The molecular formula is C17H15NO2S. The molecule has 0 saturated carbocycles. The Kier molecular flexibility index (Phi) is 3.39. The highest BCUT2D eigenvalue weighted by molar-refractivity contribution is 7.15. The average Bonchev–Trinajstić information content (AvgIpc) is 2.78. The molecule has 0 radical (unpaired) electrons. The van der Waals surface area contributed by atoms with E-state index >= 15 is 0 Å². The van der Waals surface area contributed by atoms with Crippen LogP contribution in [0.1, 0.15) is 10.6 Å². The number of hydrogen-bond acceptors (Lipinski definition) is 4. The molecule has 4 heteroatoms. The fourth-order valence-corrected chi connectivity index (χ4v) is 3.22. The van der Waals surface area contributed by atoms with Crippen LogP contribution >= 0.6 is 11.3 Å². The van der Waals surface area contributed by atoms with Crippen molar-refractivity contribution in [2.45, 2.75) is 13.8 Å². The van der Waals surface area contributed by atoms with Gasteiger partial charge in [-0.25, -0.2) is 4.98 Å². The lowest BCUT2D eigenvalue weighted by Gasteiger charge is -2.10. The summed E-state index contributed by atoms with van der Waals surface area (Å²) >= 11 is 1.60. The summed E-state index contributed by atoms with van der Waals surface area (Å²) in [7, 11) is 0. The van der Waals surface area contributed by atoms with Gasteiger partial charge in [0.2, 0.25) is 0 Å². The SMILES string of the molecule is Cc1nc(-c2cccc(O)c2-c2cccc(O)c2)sc1C. The fraction of sp³-hybridized carbons (Fsp3) is 0.118. The zero-order valence-electron chi connectivity index (χ0n) is 11.8. The maximum atomic E-state index is 10.3. The molecule has 106 valence electrons. The van der Waals surface area contributed by atoms with Gasteiger partial charge in [0, 0.05) is 16.0 Å². The highest BCUT2D eigenvalue weighted by atomic mass is 32.1. The molecule has 2 aromatic carbocycles. The van der Waals surface area contributed by atoms with E-state index in [-0.39, 0.29) is 11.5 Å². The van der Waals surface area contributed by atoms with Crippen molar-refractivity contribution in [2.24, 2.45) is 0 Å². The third-order valence-corrected chi connectivity index (χ3v) is 4.54. The summed E-state index contributed by atoms with van der Waals surface area (Å²) in [5.74, 6) is 0.358. The Morgan fingerprint density at radius 3 is 2.43 bits per heavy atom. The van der Waals surface area contributed by atoms with Crippen molar-refractivity contribution in [3.05, 3.63) is 53.0 Å². The molecule has 0 aliphatic heterocycles. The molecule has 0 bridgehead atoms. The van der Waals surface area contributed by atoms with Gasteiger partial charge in [-0.15, -0.1) is 11.3 Å². The molecular weight excluding hydrogens is 282 g/mol. The van der Waals surface area contributed by atoms with Gasteiger partial charge in [0.05, 0.1) is 5.69 Å². The van der Waals surface area contributed by atoms with Crippen LogP contribution in [0, 0.1) is 13.8 Å². The van der Waals surface area contributed by atoms with Crippen molar-refractivity contribution in [1.29, 1.82) is 0 Å². The number of thiazole rings is 1. The van der Waals surface area contributed by atoms with Crippen molar-refractivity contribution in [3.63, 3.8) is 0 Å². The predicted molar refractivity (Wildman–Crippen MR) is 85.8 cm³/mol. The molecule has 0 aliphatic rings. The van der Waals surface area contributed by atoms with Gasteiger partial charge in [-0.3, -0.25) is 0 Å². The molecule has 0 spiro atoms. The molecule has 0 amide bonds. The second-order valence-corrected chi connectivity index (χ2v) is 6.11. The maximum absolute atomic E-state index is 10.3. The van der Waals surface area contributed by atoms with Crippen molar-refractivity contribution >= 4 is 11.3 Å². The number of nitrogens with zero attached hydrogens (tertiary/aromatic N) is 1. The number of rotatable bonds is 2. The first-order chi connectivity index (χ1) is 10.1. The van der Waals surface area contributed by atoms with Crippen LogP contribution in [0.5, 0.6) is 11.5 Å². The summed E-state index contributed by atoms with van der Waals surface area (Å²) in [6, 6.07) is 12.3. The van der Waals surface area contributed by atoms with Crippen LogP contribution in [-0.2, 0) is 0 Å². The van der Waals surface area contributed by atoms with Gasteiger partial charge in [-0.2, -0.15) is 0 Å². The van der Waals surface area contributed by atoms with E-state index in [4.69, 9.17) is 0 Å². The summed E-state index contributed by atoms with van der Waals surface area (Å²) < 4.78 is 0. The number of benzene rings is 2. The van der Waals surface area contributed by atoms with Crippen LogP contribution in [0.25, 0.3) is 21.7 Å². The lowest BCUT2D eigenvalue weighted by Crippen LogP contribution is -1.86. The largest absolute Gasteiger partial charge is 0.508 e. The molecule has 1 heterocycles. The summed E-state index contributed by atoms with van der Waals surface area (Å²) in [6.45, 7) is 4.01. The van der Waals surface area contributed by atoms with E-state index in [9.17, 15) is 10.2 Å². The van der Waals surface area contributed by atoms with Gasteiger partial charge in [0.1, 0.15) is 16.5 Å². The minimum Gasteiger partial charge on any atom is -0.508 e. The third kappa shape index (κ3) is 2.50. The Morgan fingerprint density at radius 1 is 1.00 bits per heavy atom. The average molecular weight is 297 g/mol. The Bertz CT molecular complexity index is 789. The Morgan fingerprint density at radius 2 is 1.76 bits per heavy atom. The number of aryl methyl sites for hydroxylation is 2. The van der Waals surface area contributed by atoms with Gasteiger partial charge in [0.25, 0.3) is 0 Å². The number of phenols is 2. The number of aromatic hydroxyl groups is 2. The zero-order valence-corrected chi connectivity index (χ0v) is 12.6. The molecule has 3 rings (SSSR count). The van der Waals surface area contributed by atoms with Gasteiger partial charge in [-0.05, 0) is 37.6 Å². The quantitative estimate of drug-likeness (QED) is 0.732. The van der Waals surface area contributed by atoms with Crippen molar-refractivity contribution in [1.82, 2.24) is 4.98 Å². The van der Waals surface area contributed by atoms with Crippen LogP contribution in [0.15, 0.2) is 42.5 Å². The molecule has 21 heavy (non-hydrogen) atoms. The molecule has 0 saturated heterocycles. The predicted octanol–water partition coefficient (Wildman–Crippen LogP) is 4.51. The Balaban J connectivity index is 2.25. The van der Waals surface area contributed by atoms with Crippen molar-refractivity contribution in [2.75, 3.05) is 0 Å². The van der Waals surface area contributed by atoms with E-state index in [1.165, 1.54) is 0 Å². The van der Waals surface area contributed by atoms with Crippen LogP contribution in [0.2, 0.25) is 0 Å². The van der Waals surface area contributed by atoms with Gasteiger partial charge < -0.3 is 10.2 Å². The van der Waals surface area contributed by atoms with Crippen LogP contribution in [0.3, 0.4) is 0 Å². The lowest BCUT2D eigenvalue weighted by molar-refractivity contribution is 0.474. The van der Waals surface area contributed by atoms with Gasteiger partial charge >= 0.3 is 0 Å². The minimum atomic E-state index is 0.174. The molecule has 1 aromatic heterocycles. The minimum absolute atomic E-state index is 0.174. The highest BCUT2D eigenvalue weighted by Crippen LogP contribution is 2.41. The van der Waals surface area contributed by atoms with E-state index in [0.29, 0.717) is 5.56 Å². The summed E-state index contributed by atoms with van der Waals surface area (Å²) in [4.78, 5) is 5.74. The lowest BCUT2D eigenvalue weighted by atomic mass is 9.98. The molecule has 0 aliphatic carbocycles. The molecule has 0 fully saturated rings. The van der Waals surface area contributed by atoms with E-state index in [1.807, 2.05) is 32.0 Å².